The highest BCUT2D eigenvalue weighted by atomic mass is 127. The molecule has 0 saturated carbocycles. The molecular weight excluding hydrogens is 438 g/mol. The number of halogens is 3. The summed E-state index contributed by atoms with van der Waals surface area (Å²) in [5, 5.41) is 0.751. The Labute approximate surface area is 140 Å². The van der Waals surface area contributed by atoms with Crippen LogP contribution in [-0.2, 0) is 11.3 Å². The van der Waals surface area contributed by atoms with E-state index >= 15 is 0 Å². The topological polar surface area (TPSA) is 9.23 Å². The molecule has 0 heterocycles. The van der Waals surface area contributed by atoms with Gasteiger partial charge in [0, 0.05) is 13.9 Å². The van der Waals surface area contributed by atoms with Crippen LogP contribution >= 0.6 is 50.1 Å². The summed E-state index contributed by atoms with van der Waals surface area (Å²) in [5.74, 6) is 0. The van der Waals surface area contributed by atoms with Gasteiger partial charge >= 0.3 is 0 Å². The first-order chi connectivity index (χ1) is 9.19. The van der Waals surface area contributed by atoms with Gasteiger partial charge < -0.3 is 4.74 Å². The summed E-state index contributed by atoms with van der Waals surface area (Å²) in [6.45, 7) is 0.595. The third-order valence-corrected chi connectivity index (χ3v) is 4.27. The summed E-state index contributed by atoms with van der Waals surface area (Å²) in [7, 11) is 0. The van der Waals surface area contributed by atoms with E-state index in [-0.39, 0.29) is 6.10 Å². The summed E-state index contributed by atoms with van der Waals surface area (Å²) in [4.78, 5) is 0. The zero-order valence-corrected chi connectivity index (χ0v) is 14.7. The van der Waals surface area contributed by atoms with Crippen molar-refractivity contribution < 1.29 is 4.74 Å². The summed E-state index contributed by atoms with van der Waals surface area (Å²) in [6.07, 6.45) is 0.105. The first-order valence-electron chi connectivity index (χ1n) is 5.86. The van der Waals surface area contributed by atoms with Crippen LogP contribution in [0.25, 0.3) is 0 Å². The van der Waals surface area contributed by atoms with Crippen molar-refractivity contribution in [2.45, 2.75) is 12.7 Å². The maximum atomic E-state index is 5.99. The molecule has 2 rings (SSSR count). The van der Waals surface area contributed by atoms with E-state index in [0.29, 0.717) is 6.61 Å². The quantitative estimate of drug-likeness (QED) is 0.413. The molecule has 0 fully saturated rings. The Bertz CT molecular complexity index is 530. The summed E-state index contributed by atoms with van der Waals surface area (Å²) in [6, 6.07) is 16.0. The standard InChI is InChI=1S/C15H13BrClIO/c16-13-3-1-2-12(8-13)15(9-18)19-10-11-4-6-14(17)7-5-11/h1-8,15H,9-10H2. The Morgan fingerprint density at radius 3 is 2.53 bits per heavy atom. The number of ether oxygens (including phenoxy) is 1. The lowest BCUT2D eigenvalue weighted by molar-refractivity contribution is 0.0577. The number of hydrogen-bond acceptors (Lipinski definition) is 1. The SMILES string of the molecule is Clc1ccc(COC(CI)c2cccc(Br)c2)cc1. The van der Waals surface area contributed by atoms with Crippen molar-refractivity contribution in [3.05, 3.63) is 69.2 Å². The summed E-state index contributed by atoms with van der Waals surface area (Å²) in [5.41, 5.74) is 2.33. The van der Waals surface area contributed by atoms with Crippen molar-refractivity contribution in [1.82, 2.24) is 0 Å². The molecular formula is C15H13BrClIO. The van der Waals surface area contributed by atoms with Crippen LogP contribution in [0, 0.1) is 0 Å². The first kappa shape index (κ1) is 15.3. The lowest BCUT2D eigenvalue weighted by Crippen LogP contribution is -2.06. The van der Waals surface area contributed by atoms with Gasteiger partial charge in [-0.3, -0.25) is 0 Å². The van der Waals surface area contributed by atoms with Gasteiger partial charge in [-0.25, -0.2) is 0 Å². The van der Waals surface area contributed by atoms with Crippen LogP contribution in [0.5, 0.6) is 0 Å². The van der Waals surface area contributed by atoms with Crippen LogP contribution in [0.3, 0.4) is 0 Å². The minimum atomic E-state index is 0.105. The van der Waals surface area contributed by atoms with E-state index in [1.54, 1.807) is 0 Å². The highest BCUT2D eigenvalue weighted by Gasteiger charge is 2.11. The number of benzene rings is 2. The average Bonchev–Trinajstić information content (AvgIpc) is 2.42. The van der Waals surface area contributed by atoms with Crippen molar-refractivity contribution >= 4 is 50.1 Å². The van der Waals surface area contributed by atoms with Gasteiger partial charge in [-0.05, 0) is 35.4 Å². The van der Waals surface area contributed by atoms with Crippen LogP contribution in [0.2, 0.25) is 5.02 Å². The minimum absolute atomic E-state index is 0.105. The van der Waals surface area contributed by atoms with Gasteiger partial charge in [0.05, 0.1) is 12.7 Å². The molecule has 19 heavy (non-hydrogen) atoms. The fourth-order valence-corrected chi connectivity index (χ4v) is 3.02. The van der Waals surface area contributed by atoms with Crippen molar-refractivity contribution in [3.63, 3.8) is 0 Å². The molecule has 0 saturated heterocycles. The third kappa shape index (κ3) is 4.74. The fourth-order valence-electron chi connectivity index (χ4n) is 1.71. The average molecular weight is 452 g/mol. The molecule has 1 nitrogen and oxygen atoms in total. The van der Waals surface area contributed by atoms with Gasteiger partial charge in [-0.2, -0.15) is 0 Å². The zero-order chi connectivity index (χ0) is 13.7. The molecule has 0 aliphatic heterocycles. The van der Waals surface area contributed by atoms with Gasteiger partial charge in [0.25, 0.3) is 0 Å². The van der Waals surface area contributed by atoms with E-state index < -0.39 is 0 Å². The second kappa shape index (κ2) is 7.62. The molecule has 0 bridgehead atoms. The first-order valence-corrected chi connectivity index (χ1v) is 8.56. The maximum Gasteiger partial charge on any atom is 0.0919 e. The second-order valence-corrected chi connectivity index (χ2v) is 6.37. The molecule has 1 unspecified atom stereocenters. The van der Waals surface area contributed by atoms with Gasteiger partial charge in [-0.15, -0.1) is 0 Å². The Morgan fingerprint density at radius 1 is 1.16 bits per heavy atom. The lowest BCUT2D eigenvalue weighted by atomic mass is 10.1. The molecule has 0 aromatic heterocycles. The number of rotatable bonds is 5. The van der Waals surface area contributed by atoms with E-state index in [1.165, 1.54) is 5.56 Å². The highest BCUT2D eigenvalue weighted by Crippen LogP contribution is 2.24. The second-order valence-electron chi connectivity index (χ2n) is 4.14. The molecule has 0 aliphatic rings. The lowest BCUT2D eigenvalue weighted by Gasteiger charge is -2.16. The molecule has 2 aromatic carbocycles. The van der Waals surface area contributed by atoms with E-state index in [0.717, 1.165) is 19.5 Å². The fraction of sp³-hybridized carbons (Fsp3) is 0.200. The van der Waals surface area contributed by atoms with Crippen LogP contribution in [0.1, 0.15) is 17.2 Å². The van der Waals surface area contributed by atoms with Crippen LogP contribution < -0.4 is 0 Å². The van der Waals surface area contributed by atoms with Crippen molar-refractivity contribution in [2.75, 3.05) is 4.43 Å². The predicted molar refractivity (Wildman–Crippen MR) is 92.0 cm³/mol. The smallest absolute Gasteiger partial charge is 0.0919 e. The Kier molecular flexibility index (Phi) is 6.13. The largest absolute Gasteiger partial charge is 0.368 e. The molecule has 0 N–H and O–H groups in total. The molecule has 100 valence electrons. The molecule has 0 spiro atoms. The molecule has 0 aliphatic carbocycles. The monoisotopic (exact) mass is 450 g/mol. The summed E-state index contributed by atoms with van der Waals surface area (Å²) >= 11 is 11.7. The molecule has 0 radical (unpaired) electrons. The predicted octanol–water partition coefficient (Wildman–Crippen LogP) is 5.80. The highest BCUT2D eigenvalue weighted by molar-refractivity contribution is 14.1. The summed E-state index contributed by atoms with van der Waals surface area (Å²) < 4.78 is 7.98. The molecule has 4 heteroatoms. The van der Waals surface area contributed by atoms with Gasteiger partial charge in [0.15, 0.2) is 0 Å². The van der Waals surface area contributed by atoms with Crippen molar-refractivity contribution in [2.24, 2.45) is 0 Å². The Morgan fingerprint density at radius 2 is 1.89 bits per heavy atom. The van der Waals surface area contributed by atoms with E-state index in [9.17, 15) is 0 Å². The van der Waals surface area contributed by atoms with E-state index in [1.807, 2.05) is 36.4 Å². The third-order valence-electron chi connectivity index (χ3n) is 2.73. The van der Waals surface area contributed by atoms with Gasteiger partial charge in [0.2, 0.25) is 0 Å². The van der Waals surface area contributed by atoms with Crippen molar-refractivity contribution in [1.29, 1.82) is 0 Å². The van der Waals surface area contributed by atoms with E-state index in [4.69, 9.17) is 16.3 Å². The van der Waals surface area contributed by atoms with E-state index in [2.05, 4.69) is 50.7 Å². The van der Waals surface area contributed by atoms with Crippen LogP contribution in [-0.4, -0.2) is 4.43 Å². The number of hydrogen-bond donors (Lipinski definition) is 0. The molecule has 0 amide bonds. The zero-order valence-electron chi connectivity index (χ0n) is 10.2. The van der Waals surface area contributed by atoms with Gasteiger partial charge in [0.1, 0.15) is 0 Å². The number of alkyl halides is 1. The van der Waals surface area contributed by atoms with Crippen LogP contribution in [0.4, 0.5) is 0 Å². The molecule has 2 aromatic rings. The Hall–Kier alpha value is -0.100. The molecule has 1 atom stereocenters. The Balaban J connectivity index is 2.01. The minimum Gasteiger partial charge on any atom is -0.368 e. The van der Waals surface area contributed by atoms with Crippen LogP contribution in [0.15, 0.2) is 53.0 Å². The maximum absolute atomic E-state index is 5.99. The van der Waals surface area contributed by atoms with Crippen molar-refractivity contribution in [3.8, 4) is 0 Å². The normalized spacial score (nSPS) is 12.4. The van der Waals surface area contributed by atoms with Gasteiger partial charge in [-0.1, -0.05) is 74.4 Å².